The van der Waals surface area contributed by atoms with Crippen molar-refractivity contribution in [1.29, 1.82) is 0 Å². The van der Waals surface area contributed by atoms with Gasteiger partial charge < -0.3 is 9.88 Å². The number of amides is 1. The van der Waals surface area contributed by atoms with E-state index >= 15 is 0 Å². The second kappa shape index (κ2) is 5.75. The molecule has 0 saturated heterocycles. The summed E-state index contributed by atoms with van der Waals surface area (Å²) in [5.74, 6) is 0.431. The first-order valence-electron chi connectivity index (χ1n) is 6.64. The molecular formula is C14H19N3O2S. The lowest BCUT2D eigenvalue weighted by Crippen LogP contribution is -2.25. The van der Waals surface area contributed by atoms with Gasteiger partial charge in [0.15, 0.2) is 0 Å². The molecule has 0 aliphatic carbocycles. The summed E-state index contributed by atoms with van der Waals surface area (Å²) in [7, 11) is 1.66. The van der Waals surface area contributed by atoms with Crippen LogP contribution in [0.3, 0.4) is 0 Å². The van der Waals surface area contributed by atoms with E-state index in [-0.39, 0.29) is 11.5 Å². The molecule has 6 heteroatoms. The summed E-state index contributed by atoms with van der Waals surface area (Å²) in [6, 6.07) is 0. The fourth-order valence-electron chi connectivity index (χ4n) is 1.98. The number of rotatable bonds is 4. The van der Waals surface area contributed by atoms with Crippen molar-refractivity contribution < 1.29 is 4.79 Å². The number of aromatic nitrogens is 2. The monoisotopic (exact) mass is 293 g/mol. The van der Waals surface area contributed by atoms with Crippen LogP contribution in [0.25, 0.3) is 10.2 Å². The van der Waals surface area contributed by atoms with Crippen molar-refractivity contribution in [2.45, 2.75) is 27.2 Å². The maximum Gasteiger partial charge on any atom is 0.262 e. The number of hydrogen-bond acceptors (Lipinski definition) is 4. The van der Waals surface area contributed by atoms with Gasteiger partial charge in [0.25, 0.3) is 11.5 Å². The topological polar surface area (TPSA) is 64.0 Å². The molecule has 0 atom stereocenters. The molecule has 0 aliphatic rings. The van der Waals surface area contributed by atoms with Crippen LogP contribution in [0.1, 0.15) is 35.5 Å². The molecule has 0 aromatic carbocycles. The van der Waals surface area contributed by atoms with Gasteiger partial charge in [-0.15, -0.1) is 11.3 Å². The van der Waals surface area contributed by atoms with Crippen LogP contribution >= 0.6 is 11.3 Å². The molecule has 1 amide bonds. The van der Waals surface area contributed by atoms with Crippen LogP contribution in [-0.2, 0) is 7.05 Å². The highest BCUT2D eigenvalue weighted by molar-refractivity contribution is 7.20. The predicted molar refractivity (Wildman–Crippen MR) is 81.4 cm³/mol. The van der Waals surface area contributed by atoms with Gasteiger partial charge in [0.2, 0.25) is 0 Å². The van der Waals surface area contributed by atoms with Crippen LogP contribution in [0.5, 0.6) is 0 Å². The average Bonchev–Trinajstić information content (AvgIpc) is 2.71. The molecule has 0 saturated carbocycles. The van der Waals surface area contributed by atoms with Crippen LogP contribution < -0.4 is 10.9 Å². The highest BCUT2D eigenvalue weighted by atomic mass is 32.1. The summed E-state index contributed by atoms with van der Waals surface area (Å²) in [5, 5.41) is 3.45. The van der Waals surface area contributed by atoms with Crippen molar-refractivity contribution in [3.63, 3.8) is 0 Å². The summed E-state index contributed by atoms with van der Waals surface area (Å²) in [5.41, 5.74) is 0.616. The highest BCUT2D eigenvalue weighted by Crippen LogP contribution is 2.26. The molecule has 0 bridgehead atoms. The lowest BCUT2D eigenvalue weighted by Gasteiger charge is -2.06. The lowest BCUT2D eigenvalue weighted by atomic mass is 10.1. The van der Waals surface area contributed by atoms with Crippen LogP contribution in [0.2, 0.25) is 0 Å². The van der Waals surface area contributed by atoms with Gasteiger partial charge in [-0.05, 0) is 24.8 Å². The summed E-state index contributed by atoms with van der Waals surface area (Å²) >= 11 is 1.28. The first kappa shape index (κ1) is 14.7. The Hall–Kier alpha value is -1.69. The van der Waals surface area contributed by atoms with Crippen molar-refractivity contribution in [1.82, 2.24) is 14.9 Å². The number of thiophene rings is 1. The fourth-order valence-corrected chi connectivity index (χ4v) is 3.04. The maximum atomic E-state index is 12.2. The zero-order valence-electron chi connectivity index (χ0n) is 12.2. The second-order valence-corrected chi connectivity index (χ2v) is 6.33. The second-order valence-electron chi connectivity index (χ2n) is 5.34. The Morgan fingerprint density at radius 1 is 1.50 bits per heavy atom. The number of aryl methyl sites for hydroxylation is 2. The minimum Gasteiger partial charge on any atom is -0.351 e. The zero-order chi connectivity index (χ0) is 14.9. The van der Waals surface area contributed by atoms with Crippen molar-refractivity contribution in [3.8, 4) is 0 Å². The highest BCUT2D eigenvalue weighted by Gasteiger charge is 2.18. The molecule has 0 spiro atoms. The Labute approximate surface area is 121 Å². The Balaban J connectivity index is 2.32. The number of carbonyl (C=O) groups excluding carboxylic acids is 1. The molecule has 108 valence electrons. The van der Waals surface area contributed by atoms with E-state index in [4.69, 9.17) is 0 Å². The fraction of sp³-hybridized carbons (Fsp3) is 0.500. The first-order chi connectivity index (χ1) is 9.41. The predicted octanol–water partition coefficient (Wildman–Crippen LogP) is 2.08. The van der Waals surface area contributed by atoms with E-state index in [9.17, 15) is 9.59 Å². The summed E-state index contributed by atoms with van der Waals surface area (Å²) in [4.78, 5) is 29.7. The molecule has 0 fully saturated rings. The molecule has 0 aliphatic heterocycles. The lowest BCUT2D eigenvalue weighted by molar-refractivity contribution is 0.0955. The molecular weight excluding hydrogens is 274 g/mol. The summed E-state index contributed by atoms with van der Waals surface area (Å²) in [6.45, 7) is 6.68. The van der Waals surface area contributed by atoms with Gasteiger partial charge in [-0.2, -0.15) is 0 Å². The van der Waals surface area contributed by atoms with Crippen LogP contribution in [0.15, 0.2) is 11.1 Å². The third-order valence-corrected chi connectivity index (χ3v) is 4.42. The molecule has 2 rings (SSSR count). The minimum absolute atomic E-state index is 0.106. The number of nitrogens with zero attached hydrogens (tertiary/aromatic N) is 2. The number of nitrogens with one attached hydrogen (secondary N) is 1. The Morgan fingerprint density at radius 2 is 2.20 bits per heavy atom. The van der Waals surface area contributed by atoms with E-state index in [1.807, 2.05) is 0 Å². The number of hydrogen-bond donors (Lipinski definition) is 1. The van der Waals surface area contributed by atoms with Crippen LogP contribution in [0.4, 0.5) is 0 Å². The van der Waals surface area contributed by atoms with E-state index in [1.165, 1.54) is 22.2 Å². The molecule has 20 heavy (non-hydrogen) atoms. The van der Waals surface area contributed by atoms with Gasteiger partial charge >= 0.3 is 0 Å². The van der Waals surface area contributed by atoms with Gasteiger partial charge in [0.05, 0.1) is 16.6 Å². The Bertz CT molecular complexity index is 700. The van der Waals surface area contributed by atoms with Gasteiger partial charge in [-0.3, -0.25) is 9.59 Å². The molecule has 1 N–H and O–H groups in total. The van der Waals surface area contributed by atoms with E-state index < -0.39 is 0 Å². The third-order valence-electron chi connectivity index (χ3n) is 3.22. The largest absolute Gasteiger partial charge is 0.351 e. The molecule has 2 aromatic rings. The molecule has 0 radical (unpaired) electrons. The number of carbonyl (C=O) groups is 1. The third kappa shape index (κ3) is 2.75. The van der Waals surface area contributed by atoms with Crippen molar-refractivity contribution >= 4 is 27.5 Å². The average molecular weight is 293 g/mol. The molecule has 5 nitrogen and oxygen atoms in total. The van der Waals surface area contributed by atoms with Gasteiger partial charge in [0.1, 0.15) is 4.83 Å². The van der Waals surface area contributed by atoms with E-state index in [1.54, 1.807) is 14.0 Å². The Kier molecular flexibility index (Phi) is 4.23. The van der Waals surface area contributed by atoms with Gasteiger partial charge in [0, 0.05) is 13.6 Å². The summed E-state index contributed by atoms with van der Waals surface area (Å²) < 4.78 is 1.43. The smallest absolute Gasteiger partial charge is 0.262 e. The Morgan fingerprint density at radius 3 is 2.85 bits per heavy atom. The first-order valence-corrected chi connectivity index (χ1v) is 7.46. The number of fused-ring (bicyclic) bond motifs is 1. The van der Waals surface area contributed by atoms with Gasteiger partial charge in [-0.25, -0.2) is 4.98 Å². The summed E-state index contributed by atoms with van der Waals surface area (Å²) in [6.07, 6.45) is 2.43. The normalized spacial score (nSPS) is 11.2. The molecule has 2 aromatic heterocycles. The van der Waals surface area contributed by atoms with Crippen LogP contribution in [-0.4, -0.2) is 22.0 Å². The van der Waals surface area contributed by atoms with Crippen molar-refractivity contribution in [2.24, 2.45) is 13.0 Å². The van der Waals surface area contributed by atoms with E-state index in [0.717, 1.165) is 12.0 Å². The quantitative estimate of drug-likeness (QED) is 0.938. The van der Waals surface area contributed by atoms with Crippen molar-refractivity contribution in [3.05, 3.63) is 27.1 Å². The SMILES string of the molecule is Cc1c(C(=O)NCCC(C)C)sc2ncn(C)c(=O)c12. The maximum absolute atomic E-state index is 12.2. The minimum atomic E-state index is -0.117. The standard InChI is InChI=1S/C14H19N3O2S/c1-8(2)5-6-15-12(18)11-9(3)10-13(20-11)16-7-17(4)14(10)19/h7-8H,5-6H2,1-4H3,(H,15,18). The zero-order valence-corrected chi connectivity index (χ0v) is 13.0. The molecule has 2 heterocycles. The van der Waals surface area contributed by atoms with Gasteiger partial charge in [-0.1, -0.05) is 13.8 Å². The van der Waals surface area contributed by atoms with E-state index in [2.05, 4.69) is 24.1 Å². The van der Waals surface area contributed by atoms with E-state index in [0.29, 0.717) is 27.6 Å². The van der Waals surface area contributed by atoms with Crippen molar-refractivity contribution in [2.75, 3.05) is 6.54 Å². The molecule has 0 unspecified atom stereocenters. The van der Waals surface area contributed by atoms with Crippen LogP contribution in [0, 0.1) is 12.8 Å².